The van der Waals surface area contributed by atoms with Crippen LogP contribution in [0, 0.1) is 12.3 Å². The molecular weight excluding hydrogens is 310 g/mol. The van der Waals surface area contributed by atoms with Crippen LogP contribution in [0.2, 0.25) is 0 Å². The highest BCUT2D eigenvalue weighted by Crippen LogP contribution is 2.19. The van der Waals surface area contributed by atoms with E-state index in [1.807, 2.05) is 0 Å². The van der Waals surface area contributed by atoms with Crippen molar-refractivity contribution in [3.63, 3.8) is 0 Å². The molecule has 8 heteroatoms. The van der Waals surface area contributed by atoms with Gasteiger partial charge in [-0.05, 0) is 19.1 Å². The minimum atomic E-state index is -3.37. The minimum absolute atomic E-state index is 0.0154. The van der Waals surface area contributed by atoms with Crippen LogP contribution in [0.1, 0.15) is 11.3 Å². The van der Waals surface area contributed by atoms with Crippen LogP contribution in [0.3, 0.4) is 0 Å². The monoisotopic (exact) mass is 325 g/mol. The molecule has 0 unspecified atom stereocenters. The molecule has 112 valence electrons. The molecule has 3 N–H and O–H groups in total. The first kappa shape index (κ1) is 15.6. The largest absolute Gasteiger partial charge is 0.440 e. The van der Waals surface area contributed by atoms with Crippen molar-refractivity contribution >= 4 is 27.4 Å². The maximum absolute atomic E-state index is 12.2. The van der Waals surface area contributed by atoms with E-state index >= 15 is 0 Å². The number of rotatable bonds is 6. The number of aromatic nitrogens is 1. The summed E-state index contributed by atoms with van der Waals surface area (Å²) in [4.78, 5) is 4.32. The molecule has 0 bridgehead atoms. The molecule has 0 radical (unpaired) electrons. The van der Waals surface area contributed by atoms with Crippen LogP contribution in [-0.4, -0.2) is 30.7 Å². The number of sulfone groups is 1. The van der Waals surface area contributed by atoms with E-state index < -0.39 is 9.84 Å². The molecule has 2 rings (SSSR count). The fourth-order valence-corrected chi connectivity index (χ4v) is 4.09. The van der Waals surface area contributed by atoms with Gasteiger partial charge in [0.1, 0.15) is 12.1 Å². The molecule has 1 heterocycles. The van der Waals surface area contributed by atoms with E-state index in [-0.39, 0.29) is 16.5 Å². The number of nitrogen functional groups attached to an aromatic ring is 1. The number of amidine groups is 1. The normalized spacial score (nSPS) is 11.5. The van der Waals surface area contributed by atoms with Gasteiger partial charge in [0.05, 0.1) is 16.3 Å². The fourth-order valence-electron chi connectivity index (χ4n) is 1.60. The quantitative estimate of drug-likeness (QED) is 0.476. The van der Waals surface area contributed by atoms with E-state index in [2.05, 4.69) is 4.98 Å². The van der Waals surface area contributed by atoms with E-state index in [1.165, 1.54) is 42.3 Å². The Morgan fingerprint density at radius 3 is 2.57 bits per heavy atom. The standard InChI is InChI=1S/C13H15N3O3S2/c1-9-8-19-13(16-9)20-6-7-21(17,18)11-4-2-10(3-5-11)12(14)15/h2-5,8H,6-7H2,1H3,(H3,14,15). The van der Waals surface area contributed by atoms with E-state index in [0.717, 1.165) is 5.69 Å². The van der Waals surface area contributed by atoms with Crippen LogP contribution < -0.4 is 5.73 Å². The van der Waals surface area contributed by atoms with Crippen molar-refractivity contribution in [1.82, 2.24) is 4.98 Å². The third-order valence-corrected chi connectivity index (χ3v) is 5.53. The maximum atomic E-state index is 12.2. The Morgan fingerprint density at radius 2 is 2.05 bits per heavy atom. The van der Waals surface area contributed by atoms with Crippen LogP contribution in [0.4, 0.5) is 0 Å². The van der Waals surface area contributed by atoms with Gasteiger partial charge >= 0.3 is 0 Å². The first-order valence-electron chi connectivity index (χ1n) is 6.10. The number of hydrogen-bond donors (Lipinski definition) is 2. The number of hydrogen-bond acceptors (Lipinski definition) is 6. The third-order valence-electron chi connectivity index (χ3n) is 2.70. The van der Waals surface area contributed by atoms with Crippen molar-refractivity contribution in [2.75, 3.05) is 11.5 Å². The topological polar surface area (TPSA) is 110 Å². The summed E-state index contributed by atoms with van der Waals surface area (Å²) in [7, 11) is -3.37. The van der Waals surface area contributed by atoms with E-state index in [0.29, 0.717) is 16.5 Å². The first-order valence-corrected chi connectivity index (χ1v) is 8.74. The van der Waals surface area contributed by atoms with Gasteiger partial charge in [0.25, 0.3) is 5.22 Å². The predicted octanol–water partition coefficient (Wildman–Crippen LogP) is 1.83. The number of nitrogens with two attached hydrogens (primary N) is 1. The summed E-state index contributed by atoms with van der Waals surface area (Å²) >= 11 is 1.26. The van der Waals surface area contributed by atoms with E-state index in [4.69, 9.17) is 15.6 Å². The summed E-state index contributed by atoms with van der Waals surface area (Å²) in [5.74, 6) is 0.253. The number of nitrogens with zero attached hydrogens (tertiary/aromatic N) is 1. The second kappa shape index (κ2) is 6.31. The van der Waals surface area contributed by atoms with Crippen molar-refractivity contribution in [2.45, 2.75) is 17.0 Å². The van der Waals surface area contributed by atoms with Crippen LogP contribution in [-0.2, 0) is 9.84 Å². The molecule has 0 saturated carbocycles. The maximum Gasteiger partial charge on any atom is 0.255 e. The SMILES string of the molecule is Cc1coc(SCCS(=O)(=O)c2ccc(C(=N)N)cc2)n1. The molecule has 0 amide bonds. The second-order valence-electron chi connectivity index (χ2n) is 4.36. The van der Waals surface area contributed by atoms with Crippen LogP contribution in [0.25, 0.3) is 0 Å². The van der Waals surface area contributed by atoms with Crippen LogP contribution in [0.15, 0.2) is 45.1 Å². The van der Waals surface area contributed by atoms with Crippen molar-refractivity contribution in [3.8, 4) is 0 Å². The van der Waals surface area contributed by atoms with E-state index in [9.17, 15) is 8.42 Å². The summed E-state index contributed by atoms with van der Waals surface area (Å²) < 4.78 is 29.5. The average Bonchev–Trinajstić information content (AvgIpc) is 2.84. The number of aryl methyl sites for hydroxylation is 1. The highest BCUT2D eigenvalue weighted by Gasteiger charge is 2.15. The predicted molar refractivity (Wildman–Crippen MR) is 81.5 cm³/mol. The summed E-state index contributed by atoms with van der Waals surface area (Å²) in [6, 6.07) is 5.98. The van der Waals surface area contributed by atoms with Gasteiger partial charge in [-0.25, -0.2) is 13.4 Å². The molecule has 0 aliphatic rings. The van der Waals surface area contributed by atoms with Gasteiger partial charge in [-0.15, -0.1) is 0 Å². The number of thioether (sulfide) groups is 1. The molecule has 21 heavy (non-hydrogen) atoms. The lowest BCUT2D eigenvalue weighted by atomic mass is 10.2. The highest BCUT2D eigenvalue weighted by atomic mass is 32.2. The summed E-state index contributed by atoms with van der Waals surface area (Å²) in [6.07, 6.45) is 1.53. The lowest BCUT2D eigenvalue weighted by Crippen LogP contribution is -2.12. The van der Waals surface area contributed by atoms with Gasteiger partial charge < -0.3 is 10.2 Å². The molecule has 2 aromatic rings. The van der Waals surface area contributed by atoms with Gasteiger partial charge in [-0.2, -0.15) is 0 Å². The molecule has 0 saturated heterocycles. The Kier molecular flexibility index (Phi) is 4.69. The van der Waals surface area contributed by atoms with Crippen molar-refractivity contribution < 1.29 is 12.8 Å². The lowest BCUT2D eigenvalue weighted by Gasteiger charge is -2.04. The number of nitrogens with one attached hydrogen (secondary N) is 1. The summed E-state index contributed by atoms with van der Waals surface area (Å²) in [5, 5.41) is 7.74. The number of oxazole rings is 1. The summed E-state index contributed by atoms with van der Waals surface area (Å²) in [6.45, 7) is 1.81. The van der Waals surface area contributed by atoms with Gasteiger partial charge in [0.2, 0.25) is 0 Å². The molecule has 0 aliphatic carbocycles. The zero-order valence-corrected chi connectivity index (χ0v) is 13.0. The Labute approximate surface area is 127 Å². The molecular formula is C13H15N3O3S2. The van der Waals surface area contributed by atoms with Crippen molar-refractivity contribution in [3.05, 3.63) is 41.8 Å². The Bertz CT molecular complexity index is 736. The molecule has 0 atom stereocenters. The van der Waals surface area contributed by atoms with Crippen molar-refractivity contribution in [2.24, 2.45) is 5.73 Å². The zero-order valence-electron chi connectivity index (χ0n) is 11.4. The molecule has 1 aromatic heterocycles. The minimum Gasteiger partial charge on any atom is -0.440 e. The third kappa shape index (κ3) is 4.08. The molecule has 6 nitrogen and oxygen atoms in total. The second-order valence-corrected chi connectivity index (χ2v) is 7.52. The van der Waals surface area contributed by atoms with E-state index in [1.54, 1.807) is 6.92 Å². The van der Waals surface area contributed by atoms with Gasteiger partial charge in [-0.3, -0.25) is 5.41 Å². The van der Waals surface area contributed by atoms with Crippen LogP contribution in [0.5, 0.6) is 0 Å². The molecule has 0 spiro atoms. The molecule has 0 aliphatic heterocycles. The lowest BCUT2D eigenvalue weighted by molar-refractivity contribution is 0.454. The fraction of sp³-hybridized carbons (Fsp3) is 0.231. The Balaban J connectivity index is 1.99. The summed E-state index contributed by atoms with van der Waals surface area (Å²) in [5.41, 5.74) is 6.60. The van der Waals surface area contributed by atoms with Gasteiger partial charge in [0, 0.05) is 11.3 Å². The zero-order chi connectivity index (χ0) is 15.5. The average molecular weight is 325 g/mol. The van der Waals surface area contributed by atoms with Gasteiger partial charge in [0.15, 0.2) is 9.84 Å². The smallest absolute Gasteiger partial charge is 0.255 e. The van der Waals surface area contributed by atoms with Crippen LogP contribution >= 0.6 is 11.8 Å². The Morgan fingerprint density at radius 1 is 1.38 bits per heavy atom. The molecule has 1 aromatic carbocycles. The number of benzene rings is 1. The van der Waals surface area contributed by atoms with Gasteiger partial charge in [-0.1, -0.05) is 23.9 Å². The molecule has 0 fully saturated rings. The Hall–Kier alpha value is -1.80. The first-order chi connectivity index (χ1) is 9.88. The van der Waals surface area contributed by atoms with Crippen molar-refractivity contribution in [1.29, 1.82) is 5.41 Å². The highest BCUT2D eigenvalue weighted by molar-refractivity contribution is 8.00.